The Morgan fingerprint density at radius 2 is 1.23 bits per heavy atom. The summed E-state index contributed by atoms with van der Waals surface area (Å²) in [6, 6.07) is 23.0. The van der Waals surface area contributed by atoms with Gasteiger partial charge < -0.3 is 14.5 Å². The lowest BCUT2D eigenvalue weighted by Gasteiger charge is -2.27. The number of hydrogen-bond donors (Lipinski definition) is 0. The van der Waals surface area contributed by atoms with Gasteiger partial charge in [0.05, 0.1) is 11.5 Å². The third-order valence-corrected chi connectivity index (χ3v) is 10.3. The molecule has 5 nitrogen and oxygen atoms in total. The molecule has 0 aromatic heterocycles. The maximum atomic E-state index is 14.4. The first-order valence-electron chi connectivity index (χ1n) is 16.6. The fourth-order valence-corrected chi connectivity index (χ4v) is 7.62. The van der Waals surface area contributed by atoms with Gasteiger partial charge in [-0.15, -0.1) is 0 Å². The van der Waals surface area contributed by atoms with Crippen LogP contribution in [0.1, 0.15) is 102 Å². The van der Waals surface area contributed by atoms with E-state index in [1.54, 1.807) is 24.3 Å². The Morgan fingerprint density at radius 1 is 0.651 bits per heavy atom. The van der Waals surface area contributed by atoms with Crippen LogP contribution < -0.4 is 14.5 Å². The minimum Gasteiger partial charge on any atom is -0.493 e. The van der Waals surface area contributed by atoms with Gasteiger partial charge >= 0.3 is 0 Å². The molecule has 0 fully saturated rings. The molecule has 0 aliphatic heterocycles. The van der Waals surface area contributed by atoms with Gasteiger partial charge in [-0.05, 0) is 69.5 Å². The maximum absolute atomic E-state index is 14.4. The highest BCUT2D eigenvalue weighted by Gasteiger charge is 2.33. The lowest BCUT2D eigenvalue weighted by atomic mass is 10.0. The number of hydrogen-bond acceptors (Lipinski definition) is 5. The maximum Gasteiger partial charge on any atom is 0.189 e. The van der Waals surface area contributed by atoms with E-state index in [4.69, 9.17) is 4.74 Å². The topological polar surface area (TPSA) is 49.9 Å². The van der Waals surface area contributed by atoms with Crippen LogP contribution in [0.3, 0.4) is 0 Å². The van der Waals surface area contributed by atoms with Crippen molar-refractivity contribution in [3.63, 3.8) is 0 Å². The molecule has 3 aromatic carbocycles. The summed E-state index contributed by atoms with van der Waals surface area (Å²) in [4.78, 5) is 5.05. The van der Waals surface area contributed by atoms with E-state index in [9.17, 15) is 8.42 Å². The minimum atomic E-state index is -3.77. The summed E-state index contributed by atoms with van der Waals surface area (Å²) < 4.78 is 34.9. The van der Waals surface area contributed by atoms with E-state index < -0.39 is 15.1 Å². The summed E-state index contributed by atoms with van der Waals surface area (Å²) in [5, 5.41) is -0.890. The van der Waals surface area contributed by atoms with Gasteiger partial charge in [0.25, 0.3) is 0 Å². The predicted molar refractivity (Wildman–Crippen MR) is 184 cm³/mol. The van der Waals surface area contributed by atoms with Crippen LogP contribution in [0.4, 0.5) is 11.4 Å². The van der Waals surface area contributed by atoms with Crippen molar-refractivity contribution < 1.29 is 13.2 Å². The van der Waals surface area contributed by atoms with E-state index in [2.05, 4.69) is 49.6 Å². The zero-order valence-electron chi connectivity index (χ0n) is 27.2. The van der Waals surface area contributed by atoms with Crippen molar-refractivity contribution in [1.82, 2.24) is 0 Å². The van der Waals surface area contributed by atoms with Gasteiger partial charge in [0.1, 0.15) is 11.0 Å². The van der Waals surface area contributed by atoms with E-state index in [0.29, 0.717) is 22.8 Å². The summed E-state index contributed by atoms with van der Waals surface area (Å²) in [6.07, 6.45) is 9.79. The fourth-order valence-electron chi connectivity index (χ4n) is 5.77. The number of unbranched alkanes of at least 4 members (excludes halogenated alkanes) is 6. The van der Waals surface area contributed by atoms with E-state index in [0.717, 1.165) is 43.1 Å². The molecule has 43 heavy (non-hydrogen) atoms. The molecule has 236 valence electrons. The second-order valence-corrected chi connectivity index (χ2v) is 13.3. The summed E-state index contributed by atoms with van der Waals surface area (Å²) in [5.41, 5.74) is 3.62. The van der Waals surface area contributed by atoms with Gasteiger partial charge in [0.2, 0.25) is 0 Å². The average Bonchev–Trinajstić information content (AvgIpc) is 3.03. The lowest BCUT2D eigenvalue weighted by Crippen LogP contribution is -2.26. The monoisotopic (exact) mass is 606 g/mol. The zero-order valence-corrected chi connectivity index (χ0v) is 28.0. The number of rotatable bonds is 20. The van der Waals surface area contributed by atoms with Crippen LogP contribution in [0.2, 0.25) is 0 Å². The van der Waals surface area contributed by atoms with Crippen molar-refractivity contribution in [2.24, 2.45) is 0 Å². The Bertz CT molecular complexity index is 1290. The van der Waals surface area contributed by atoms with Crippen molar-refractivity contribution >= 4 is 21.2 Å². The first-order chi connectivity index (χ1) is 20.9. The predicted octanol–water partition coefficient (Wildman–Crippen LogP) is 9.46. The van der Waals surface area contributed by atoms with Crippen LogP contribution in [0.5, 0.6) is 5.75 Å². The first-order valence-corrected chi connectivity index (χ1v) is 18.1. The SMILES string of the molecule is CCCCCCN(CCCCCC)c1ccc(C(c2ccc(N(CC)CC)cc2OCC)S(=O)(=O)c2ccccc2)cc1. The molecule has 0 aliphatic rings. The summed E-state index contributed by atoms with van der Waals surface area (Å²) in [7, 11) is -3.77. The quantitative estimate of drug-likeness (QED) is 0.120. The molecule has 1 unspecified atom stereocenters. The van der Waals surface area contributed by atoms with Gasteiger partial charge in [-0.1, -0.05) is 88.8 Å². The number of sulfone groups is 1. The van der Waals surface area contributed by atoms with Gasteiger partial charge in [0, 0.05) is 49.2 Å². The molecule has 0 bridgehead atoms. The van der Waals surface area contributed by atoms with E-state index in [1.807, 2.05) is 43.3 Å². The molecule has 0 heterocycles. The van der Waals surface area contributed by atoms with Crippen molar-refractivity contribution in [1.29, 1.82) is 0 Å². The molecule has 0 radical (unpaired) electrons. The third-order valence-electron chi connectivity index (χ3n) is 8.21. The third kappa shape index (κ3) is 9.50. The number of ether oxygens (including phenoxy) is 1. The average molecular weight is 607 g/mol. The molecule has 0 N–H and O–H groups in total. The normalized spacial score (nSPS) is 12.2. The van der Waals surface area contributed by atoms with Crippen LogP contribution in [-0.4, -0.2) is 41.2 Å². The van der Waals surface area contributed by atoms with Crippen molar-refractivity contribution in [2.45, 2.75) is 96.1 Å². The van der Waals surface area contributed by atoms with Gasteiger partial charge in [-0.2, -0.15) is 0 Å². The Kier molecular flexibility index (Phi) is 14.4. The molecule has 6 heteroatoms. The van der Waals surface area contributed by atoms with Gasteiger partial charge in [-0.3, -0.25) is 0 Å². The van der Waals surface area contributed by atoms with Crippen LogP contribution >= 0.6 is 0 Å². The molecule has 3 rings (SSSR count). The summed E-state index contributed by atoms with van der Waals surface area (Å²) in [6.45, 7) is 14.9. The van der Waals surface area contributed by atoms with Gasteiger partial charge in [0.15, 0.2) is 9.84 Å². The van der Waals surface area contributed by atoms with E-state index >= 15 is 0 Å². The Hall–Kier alpha value is -2.99. The van der Waals surface area contributed by atoms with Crippen molar-refractivity contribution in [3.8, 4) is 5.75 Å². The number of benzene rings is 3. The molecule has 3 aromatic rings. The Balaban J connectivity index is 2.06. The smallest absolute Gasteiger partial charge is 0.189 e. The number of anilines is 2. The Morgan fingerprint density at radius 3 is 1.77 bits per heavy atom. The molecule has 0 amide bonds. The number of nitrogens with zero attached hydrogens (tertiary/aromatic N) is 2. The second kappa shape index (κ2) is 18.0. The van der Waals surface area contributed by atoms with E-state index in [1.165, 1.54) is 51.4 Å². The molecule has 0 spiro atoms. The van der Waals surface area contributed by atoms with Gasteiger partial charge in [-0.25, -0.2) is 8.42 Å². The molecule has 0 saturated heterocycles. The molecular formula is C37H54N2O3S. The standard InChI is InChI=1S/C37H54N2O3S/c1-6-11-13-18-28-39(29-19-14-12-7-2)32-24-22-31(23-25-32)37(43(40,41)34-20-16-15-17-21-34)35-27-26-33(38(8-3)9-4)30-36(35)42-10-5/h15-17,20-27,30,37H,6-14,18-19,28-29H2,1-5H3. The second-order valence-electron chi connectivity index (χ2n) is 11.3. The largest absolute Gasteiger partial charge is 0.493 e. The zero-order chi connectivity index (χ0) is 31.1. The highest BCUT2D eigenvalue weighted by Crippen LogP contribution is 2.41. The molecule has 0 saturated carbocycles. The fraction of sp³-hybridized carbons (Fsp3) is 0.514. The molecular weight excluding hydrogens is 552 g/mol. The first kappa shape index (κ1) is 34.5. The van der Waals surface area contributed by atoms with Crippen LogP contribution in [0.25, 0.3) is 0 Å². The minimum absolute atomic E-state index is 0.313. The summed E-state index contributed by atoms with van der Waals surface area (Å²) >= 11 is 0. The van der Waals surface area contributed by atoms with Crippen LogP contribution in [-0.2, 0) is 9.84 Å². The Labute approximate surface area is 262 Å². The summed E-state index contributed by atoms with van der Waals surface area (Å²) in [5.74, 6) is 0.619. The molecule has 0 aliphatic carbocycles. The lowest BCUT2D eigenvalue weighted by molar-refractivity contribution is 0.336. The van der Waals surface area contributed by atoms with Crippen molar-refractivity contribution in [3.05, 3.63) is 83.9 Å². The van der Waals surface area contributed by atoms with Crippen LogP contribution in [0.15, 0.2) is 77.7 Å². The van der Waals surface area contributed by atoms with Crippen molar-refractivity contribution in [2.75, 3.05) is 42.6 Å². The highest BCUT2D eigenvalue weighted by atomic mass is 32.2. The highest BCUT2D eigenvalue weighted by molar-refractivity contribution is 7.92. The molecule has 1 atom stereocenters. The van der Waals surface area contributed by atoms with E-state index in [-0.39, 0.29) is 0 Å². The van der Waals surface area contributed by atoms with Crippen LogP contribution in [0, 0.1) is 0 Å².